The van der Waals surface area contributed by atoms with Crippen LogP contribution >= 0.6 is 0 Å². The van der Waals surface area contributed by atoms with Crippen LogP contribution in [0.5, 0.6) is 0 Å². The van der Waals surface area contributed by atoms with Crippen LogP contribution in [0.15, 0.2) is 40.8 Å². The van der Waals surface area contributed by atoms with Gasteiger partial charge in [0.25, 0.3) is 0 Å². The molecule has 2 nitrogen and oxygen atoms in total. The molecule has 0 bridgehead atoms. The topological polar surface area (TPSA) is 39.2 Å². The lowest BCUT2D eigenvalue weighted by Crippen LogP contribution is -2.13. The van der Waals surface area contributed by atoms with Gasteiger partial charge in [-0.3, -0.25) is 0 Å². The average molecular weight is 287 g/mol. The van der Waals surface area contributed by atoms with Crippen molar-refractivity contribution in [2.75, 3.05) is 0 Å². The van der Waals surface area contributed by atoms with E-state index in [0.717, 1.165) is 16.7 Å². The molecule has 0 aliphatic rings. The summed E-state index contributed by atoms with van der Waals surface area (Å²) in [6.45, 7) is 3.65. The Labute approximate surface area is 121 Å². The number of rotatable bonds is 2. The van der Waals surface area contributed by atoms with Crippen LogP contribution in [0.4, 0.5) is 8.78 Å². The first-order valence-electron chi connectivity index (χ1n) is 6.67. The number of benzene rings is 2. The SMILES string of the molecule is Cc1cc(F)ccc1C(N)c1oc2ccc(F)cc2c1C. The molecule has 2 aromatic carbocycles. The number of furan rings is 1. The van der Waals surface area contributed by atoms with Gasteiger partial charge in [-0.1, -0.05) is 6.07 Å². The molecular formula is C17H15F2NO. The summed E-state index contributed by atoms with van der Waals surface area (Å²) in [4.78, 5) is 0. The third kappa shape index (κ3) is 2.32. The molecule has 1 unspecified atom stereocenters. The smallest absolute Gasteiger partial charge is 0.134 e. The van der Waals surface area contributed by atoms with E-state index in [4.69, 9.17) is 10.2 Å². The molecule has 0 aliphatic heterocycles. The molecule has 0 spiro atoms. The van der Waals surface area contributed by atoms with E-state index in [1.165, 1.54) is 24.3 Å². The fourth-order valence-electron chi connectivity index (χ4n) is 2.64. The van der Waals surface area contributed by atoms with Gasteiger partial charge in [-0.25, -0.2) is 8.78 Å². The summed E-state index contributed by atoms with van der Waals surface area (Å²) >= 11 is 0. The summed E-state index contributed by atoms with van der Waals surface area (Å²) in [5, 5.41) is 0.709. The Hall–Kier alpha value is -2.20. The molecule has 108 valence electrons. The number of fused-ring (bicyclic) bond motifs is 1. The number of halogens is 2. The summed E-state index contributed by atoms with van der Waals surface area (Å²) in [6, 6.07) is 8.33. The maximum atomic E-state index is 13.3. The van der Waals surface area contributed by atoms with Crippen LogP contribution in [0.1, 0.15) is 28.5 Å². The predicted molar refractivity (Wildman–Crippen MR) is 78.1 cm³/mol. The third-order valence-electron chi connectivity index (χ3n) is 3.78. The number of nitrogens with two attached hydrogens (primary N) is 1. The summed E-state index contributed by atoms with van der Waals surface area (Å²) in [6.07, 6.45) is 0. The monoisotopic (exact) mass is 287 g/mol. The van der Waals surface area contributed by atoms with E-state index < -0.39 is 6.04 Å². The Balaban J connectivity index is 2.13. The van der Waals surface area contributed by atoms with Gasteiger partial charge in [0.1, 0.15) is 23.0 Å². The fourth-order valence-corrected chi connectivity index (χ4v) is 2.64. The Morgan fingerprint density at radius 2 is 1.67 bits per heavy atom. The highest BCUT2D eigenvalue weighted by Crippen LogP contribution is 2.33. The highest BCUT2D eigenvalue weighted by molar-refractivity contribution is 5.82. The van der Waals surface area contributed by atoms with Crippen molar-refractivity contribution in [3.8, 4) is 0 Å². The maximum Gasteiger partial charge on any atom is 0.134 e. The molecule has 4 heteroatoms. The van der Waals surface area contributed by atoms with Crippen molar-refractivity contribution in [1.82, 2.24) is 0 Å². The van der Waals surface area contributed by atoms with E-state index in [2.05, 4.69) is 0 Å². The van der Waals surface area contributed by atoms with E-state index in [1.54, 1.807) is 19.1 Å². The maximum absolute atomic E-state index is 13.3. The highest BCUT2D eigenvalue weighted by atomic mass is 19.1. The minimum Gasteiger partial charge on any atom is -0.459 e. The van der Waals surface area contributed by atoms with Crippen LogP contribution in [-0.4, -0.2) is 0 Å². The van der Waals surface area contributed by atoms with Crippen molar-refractivity contribution in [3.63, 3.8) is 0 Å². The number of aryl methyl sites for hydroxylation is 2. The second kappa shape index (κ2) is 4.97. The van der Waals surface area contributed by atoms with Gasteiger partial charge in [0.2, 0.25) is 0 Å². The molecule has 0 radical (unpaired) electrons. The summed E-state index contributed by atoms with van der Waals surface area (Å²) < 4.78 is 32.3. The van der Waals surface area contributed by atoms with Crippen LogP contribution in [0.25, 0.3) is 11.0 Å². The molecule has 0 saturated heterocycles. The van der Waals surface area contributed by atoms with E-state index in [9.17, 15) is 8.78 Å². The van der Waals surface area contributed by atoms with Crippen molar-refractivity contribution in [1.29, 1.82) is 0 Å². The van der Waals surface area contributed by atoms with Gasteiger partial charge in [0.15, 0.2) is 0 Å². The normalized spacial score (nSPS) is 12.8. The standard InChI is InChI=1S/C17H15F2NO/c1-9-7-11(18)3-5-13(9)16(20)17-10(2)14-8-12(19)4-6-15(14)21-17/h3-8,16H,20H2,1-2H3. The average Bonchev–Trinajstić information content (AvgIpc) is 2.75. The quantitative estimate of drug-likeness (QED) is 0.760. The predicted octanol–water partition coefficient (Wildman–Crippen LogP) is 4.38. The van der Waals surface area contributed by atoms with Crippen molar-refractivity contribution in [2.24, 2.45) is 5.73 Å². The second-order valence-electron chi connectivity index (χ2n) is 5.21. The molecule has 2 N–H and O–H groups in total. The van der Waals surface area contributed by atoms with Crippen LogP contribution in [-0.2, 0) is 0 Å². The van der Waals surface area contributed by atoms with Crippen LogP contribution in [0.3, 0.4) is 0 Å². The zero-order valence-corrected chi connectivity index (χ0v) is 11.8. The molecule has 0 amide bonds. The van der Waals surface area contributed by atoms with Crippen molar-refractivity contribution in [2.45, 2.75) is 19.9 Å². The number of hydrogen-bond donors (Lipinski definition) is 1. The molecule has 3 rings (SSSR count). The van der Waals surface area contributed by atoms with Gasteiger partial charge in [0, 0.05) is 10.9 Å². The Bertz CT molecular complexity index is 823. The molecule has 1 heterocycles. The molecule has 0 saturated carbocycles. The molecule has 0 fully saturated rings. The largest absolute Gasteiger partial charge is 0.459 e. The molecule has 3 aromatic rings. The fraction of sp³-hybridized carbons (Fsp3) is 0.176. The molecular weight excluding hydrogens is 272 g/mol. The first-order chi connectivity index (χ1) is 9.97. The number of hydrogen-bond acceptors (Lipinski definition) is 2. The van der Waals surface area contributed by atoms with Gasteiger partial charge in [-0.15, -0.1) is 0 Å². The Kier molecular flexibility index (Phi) is 3.26. The van der Waals surface area contributed by atoms with Gasteiger partial charge in [0.05, 0.1) is 6.04 Å². The Morgan fingerprint density at radius 1 is 1.00 bits per heavy atom. The first kappa shape index (κ1) is 13.8. The lowest BCUT2D eigenvalue weighted by molar-refractivity contribution is 0.519. The van der Waals surface area contributed by atoms with Gasteiger partial charge < -0.3 is 10.2 Å². The second-order valence-corrected chi connectivity index (χ2v) is 5.21. The Morgan fingerprint density at radius 3 is 2.38 bits per heavy atom. The molecule has 1 aromatic heterocycles. The lowest BCUT2D eigenvalue weighted by Gasteiger charge is -2.13. The third-order valence-corrected chi connectivity index (χ3v) is 3.78. The summed E-state index contributed by atoms with van der Waals surface area (Å²) in [5.74, 6) is -0.0401. The van der Waals surface area contributed by atoms with Crippen molar-refractivity contribution in [3.05, 3.63) is 70.5 Å². The molecule has 21 heavy (non-hydrogen) atoms. The minimum atomic E-state index is -0.513. The lowest BCUT2D eigenvalue weighted by atomic mass is 9.97. The van der Waals surface area contributed by atoms with Crippen LogP contribution < -0.4 is 5.73 Å². The minimum absolute atomic E-state index is 0.299. The van der Waals surface area contributed by atoms with Gasteiger partial charge in [-0.2, -0.15) is 0 Å². The zero-order chi connectivity index (χ0) is 15.1. The van der Waals surface area contributed by atoms with Gasteiger partial charge in [-0.05, 0) is 55.3 Å². The summed E-state index contributed by atoms with van der Waals surface area (Å²) in [5.41, 5.74) is 9.21. The molecule has 1 atom stereocenters. The van der Waals surface area contributed by atoms with E-state index >= 15 is 0 Å². The summed E-state index contributed by atoms with van der Waals surface area (Å²) in [7, 11) is 0. The highest BCUT2D eigenvalue weighted by Gasteiger charge is 2.20. The van der Waals surface area contributed by atoms with E-state index in [0.29, 0.717) is 16.7 Å². The van der Waals surface area contributed by atoms with Crippen LogP contribution in [0, 0.1) is 25.5 Å². The van der Waals surface area contributed by atoms with E-state index in [1.807, 2.05) is 6.92 Å². The van der Waals surface area contributed by atoms with Gasteiger partial charge >= 0.3 is 0 Å². The zero-order valence-electron chi connectivity index (χ0n) is 11.8. The van der Waals surface area contributed by atoms with Crippen molar-refractivity contribution < 1.29 is 13.2 Å². The molecule has 0 aliphatic carbocycles. The van der Waals surface area contributed by atoms with E-state index in [-0.39, 0.29) is 11.6 Å². The first-order valence-corrected chi connectivity index (χ1v) is 6.67. The van der Waals surface area contributed by atoms with Crippen molar-refractivity contribution >= 4 is 11.0 Å². The van der Waals surface area contributed by atoms with Crippen LogP contribution in [0.2, 0.25) is 0 Å².